The van der Waals surface area contributed by atoms with Gasteiger partial charge in [0.1, 0.15) is 5.75 Å². The molecule has 1 aromatic carbocycles. The molecule has 0 atom stereocenters. The Kier molecular flexibility index (Phi) is 5.40. The van der Waals surface area contributed by atoms with E-state index in [0.29, 0.717) is 23.3 Å². The summed E-state index contributed by atoms with van der Waals surface area (Å²) in [6.45, 7) is 0.592. The van der Waals surface area contributed by atoms with Crippen LogP contribution in [0.25, 0.3) is 0 Å². The molecule has 21 heavy (non-hydrogen) atoms. The number of hydrogen-bond acceptors (Lipinski definition) is 3. The number of nitrogens with one attached hydrogen (secondary N) is 1. The Morgan fingerprint density at radius 2 is 2.29 bits per heavy atom. The van der Waals surface area contributed by atoms with Crippen molar-refractivity contribution in [2.24, 2.45) is 10.7 Å². The SMILES string of the molecule is COc1ccc(NC(N)=NCCc2cccnc2)cc1Cl. The quantitative estimate of drug-likeness (QED) is 0.658. The lowest BCUT2D eigenvalue weighted by Crippen LogP contribution is -2.23. The second-order valence-electron chi connectivity index (χ2n) is 4.35. The maximum atomic E-state index is 6.04. The van der Waals surface area contributed by atoms with Crippen molar-refractivity contribution >= 4 is 23.2 Å². The van der Waals surface area contributed by atoms with Crippen LogP contribution in [0.2, 0.25) is 5.02 Å². The molecule has 1 heterocycles. The number of anilines is 1. The highest BCUT2D eigenvalue weighted by molar-refractivity contribution is 6.32. The normalized spacial score (nSPS) is 11.2. The smallest absolute Gasteiger partial charge is 0.193 e. The third-order valence-corrected chi connectivity index (χ3v) is 3.12. The number of rotatable bonds is 5. The minimum absolute atomic E-state index is 0.347. The van der Waals surface area contributed by atoms with Gasteiger partial charge in [0, 0.05) is 24.6 Å². The first-order valence-corrected chi connectivity index (χ1v) is 6.86. The highest BCUT2D eigenvalue weighted by Crippen LogP contribution is 2.26. The Hall–Kier alpha value is -2.27. The molecule has 0 aliphatic carbocycles. The maximum Gasteiger partial charge on any atom is 0.193 e. The van der Waals surface area contributed by atoms with E-state index in [1.165, 1.54) is 0 Å². The van der Waals surface area contributed by atoms with Crippen molar-refractivity contribution in [2.75, 3.05) is 19.0 Å². The molecule has 0 aliphatic rings. The van der Waals surface area contributed by atoms with Crippen molar-refractivity contribution < 1.29 is 4.74 Å². The fraction of sp³-hybridized carbons (Fsp3) is 0.200. The molecule has 2 aromatic rings. The molecule has 0 amide bonds. The van der Waals surface area contributed by atoms with E-state index >= 15 is 0 Å². The van der Waals surface area contributed by atoms with Crippen LogP contribution >= 0.6 is 11.6 Å². The van der Waals surface area contributed by atoms with Crippen molar-refractivity contribution in [1.82, 2.24) is 4.98 Å². The van der Waals surface area contributed by atoms with Crippen molar-refractivity contribution in [3.63, 3.8) is 0 Å². The predicted octanol–water partition coefficient (Wildman–Crippen LogP) is 2.71. The van der Waals surface area contributed by atoms with E-state index in [0.717, 1.165) is 17.7 Å². The second kappa shape index (κ2) is 7.50. The predicted molar refractivity (Wildman–Crippen MR) is 86.1 cm³/mol. The van der Waals surface area contributed by atoms with Crippen LogP contribution < -0.4 is 15.8 Å². The average Bonchev–Trinajstić information content (AvgIpc) is 2.48. The van der Waals surface area contributed by atoms with Gasteiger partial charge in [0.15, 0.2) is 5.96 Å². The molecule has 0 radical (unpaired) electrons. The molecule has 0 spiro atoms. The van der Waals surface area contributed by atoms with Crippen molar-refractivity contribution in [1.29, 1.82) is 0 Å². The van der Waals surface area contributed by atoms with Crippen LogP contribution in [0.15, 0.2) is 47.7 Å². The van der Waals surface area contributed by atoms with Gasteiger partial charge in [-0.05, 0) is 36.2 Å². The zero-order valence-corrected chi connectivity index (χ0v) is 12.5. The highest BCUT2D eigenvalue weighted by atomic mass is 35.5. The number of methoxy groups -OCH3 is 1. The Bertz CT molecular complexity index is 616. The first-order valence-electron chi connectivity index (χ1n) is 6.48. The standard InChI is InChI=1S/C15H17ClN4O/c1-21-14-5-4-12(9-13(14)16)20-15(17)19-8-6-11-3-2-7-18-10-11/h2-5,7,9-10H,6,8H2,1H3,(H3,17,19,20). The topological polar surface area (TPSA) is 72.5 Å². The van der Waals surface area contributed by atoms with Gasteiger partial charge in [-0.2, -0.15) is 0 Å². The Balaban J connectivity index is 1.90. The van der Waals surface area contributed by atoms with Crippen LogP contribution in [0, 0.1) is 0 Å². The zero-order chi connectivity index (χ0) is 15.1. The summed E-state index contributed by atoms with van der Waals surface area (Å²) in [6.07, 6.45) is 4.36. The van der Waals surface area contributed by atoms with Gasteiger partial charge in [-0.3, -0.25) is 9.98 Å². The summed E-state index contributed by atoms with van der Waals surface area (Å²) in [7, 11) is 1.57. The zero-order valence-electron chi connectivity index (χ0n) is 11.7. The van der Waals surface area contributed by atoms with Crippen LogP contribution in [-0.4, -0.2) is 24.6 Å². The largest absolute Gasteiger partial charge is 0.495 e. The molecular formula is C15H17ClN4O. The molecule has 2 rings (SSSR count). The summed E-state index contributed by atoms with van der Waals surface area (Å²) in [4.78, 5) is 8.32. The van der Waals surface area contributed by atoms with Crippen molar-refractivity contribution in [2.45, 2.75) is 6.42 Å². The minimum Gasteiger partial charge on any atom is -0.495 e. The van der Waals surface area contributed by atoms with Crippen LogP contribution in [0.4, 0.5) is 5.69 Å². The molecule has 0 saturated carbocycles. The van der Waals surface area contributed by atoms with E-state index in [1.807, 2.05) is 24.4 Å². The van der Waals surface area contributed by atoms with Crippen LogP contribution in [-0.2, 0) is 6.42 Å². The number of nitrogens with zero attached hydrogens (tertiary/aromatic N) is 2. The van der Waals surface area contributed by atoms with E-state index in [-0.39, 0.29) is 0 Å². The molecule has 110 valence electrons. The average molecular weight is 305 g/mol. The number of pyridine rings is 1. The molecular weight excluding hydrogens is 288 g/mol. The van der Waals surface area contributed by atoms with E-state index in [9.17, 15) is 0 Å². The molecule has 0 unspecified atom stereocenters. The van der Waals surface area contributed by atoms with E-state index in [1.54, 1.807) is 25.4 Å². The lowest BCUT2D eigenvalue weighted by Gasteiger charge is -2.08. The van der Waals surface area contributed by atoms with Gasteiger partial charge < -0.3 is 15.8 Å². The van der Waals surface area contributed by atoms with Gasteiger partial charge in [0.25, 0.3) is 0 Å². The number of ether oxygens (including phenoxy) is 1. The van der Waals surface area contributed by atoms with Gasteiger partial charge in [0.05, 0.1) is 12.1 Å². The summed E-state index contributed by atoms with van der Waals surface area (Å²) >= 11 is 6.04. The number of guanidine groups is 1. The third-order valence-electron chi connectivity index (χ3n) is 2.83. The van der Waals surface area contributed by atoms with Crippen molar-refractivity contribution in [3.05, 3.63) is 53.3 Å². The number of hydrogen-bond donors (Lipinski definition) is 2. The molecule has 6 heteroatoms. The summed E-state index contributed by atoms with van der Waals surface area (Å²) in [6, 6.07) is 9.25. The Morgan fingerprint density at radius 3 is 2.95 bits per heavy atom. The van der Waals surface area contributed by atoms with Crippen LogP contribution in [0.3, 0.4) is 0 Å². The third kappa shape index (κ3) is 4.65. The molecule has 0 aliphatic heterocycles. The molecule has 0 bridgehead atoms. The summed E-state index contributed by atoms with van der Waals surface area (Å²) in [5, 5.41) is 3.51. The van der Waals surface area contributed by atoms with Gasteiger partial charge in [-0.15, -0.1) is 0 Å². The number of aliphatic imine (C=N–C) groups is 1. The molecule has 3 N–H and O–H groups in total. The Morgan fingerprint density at radius 1 is 1.43 bits per heavy atom. The van der Waals surface area contributed by atoms with E-state index in [2.05, 4.69) is 15.3 Å². The van der Waals surface area contributed by atoms with Crippen LogP contribution in [0.1, 0.15) is 5.56 Å². The second-order valence-corrected chi connectivity index (χ2v) is 4.76. The fourth-order valence-corrected chi connectivity index (χ4v) is 2.04. The number of aromatic nitrogens is 1. The number of benzene rings is 1. The van der Waals surface area contributed by atoms with E-state index in [4.69, 9.17) is 22.1 Å². The number of nitrogens with two attached hydrogens (primary N) is 1. The molecule has 0 fully saturated rings. The van der Waals surface area contributed by atoms with E-state index < -0.39 is 0 Å². The summed E-state index contributed by atoms with van der Waals surface area (Å²) in [5.41, 5.74) is 7.73. The van der Waals surface area contributed by atoms with Crippen molar-refractivity contribution in [3.8, 4) is 5.75 Å². The first-order chi connectivity index (χ1) is 10.2. The fourth-order valence-electron chi connectivity index (χ4n) is 1.78. The highest BCUT2D eigenvalue weighted by Gasteiger charge is 2.02. The minimum atomic E-state index is 0.347. The molecule has 1 aromatic heterocycles. The van der Waals surface area contributed by atoms with Gasteiger partial charge >= 0.3 is 0 Å². The van der Waals surface area contributed by atoms with Gasteiger partial charge in [-0.1, -0.05) is 17.7 Å². The lowest BCUT2D eigenvalue weighted by molar-refractivity contribution is 0.415. The summed E-state index contributed by atoms with van der Waals surface area (Å²) < 4.78 is 5.09. The number of halogens is 1. The maximum absolute atomic E-state index is 6.04. The monoisotopic (exact) mass is 304 g/mol. The van der Waals surface area contributed by atoms with Gasteiger partial charge in [0.2, 0.25) is 0 Å². The Labute approximate surface area is 128 Å². The van der Waals surface area contributed by atoms with Gasteiger partial charge in [-0.25, -0.2) is 0 Å². The lowest BCUT2D eigenvalue weighted by atomic mass is 10.2. The molecule has 5 nitrogen and oxygen atoms in total. The summed E-state index contributed by atoms with van der Waals surface area (Å²) in [5.74, 6) is 0.967. The molecule has 0 saturated heterocycles. The van der Waals surface area contributed by atoms with Crippen LogP contribution in [0.5, 0.6) is 5.75 Å². The first kappa shape index (κ1) is 15.1.